The lowest BCUT2D eigenvalue weighted by atomic mass is 9.75. The van der Waals surface area contributed by atoms with Crippen molar-refractivity contribution in [3.05, 3.63) is 35.9 Å². The van der Waals surface area contributed by atoms with E-state index in [0.717, 1.165) is 0 Å². The number of aliphatic imine (C=N–C) groups is 1. The van der Waals surface area contributed by atoms with Gasteiger partial charge in [0.05, 0.1) is 6.04 Å². The van der Waals surface area contributed by atoms with Crippen LogP contribution in [0.15, 0.2) is 35.3 Å². The van der Waals surface area contributed by atoms with Crippen LogP contribution in [0.2, 0.25) is 0 Å². The molecule has 1 saturated carbocycles. The van der Waals surface area contributed by atoms with Crippen molar-refractivity contribution in [2.24, 2.45) is 10.4 Å². The molecule has 0 spiro atoms. The Hall–Kier alpha value is -1.11. The van der Waals surface area contributed by atoms with Crippen LogP contribution in [0, 0.1) is 5.41 Å². The summed E-state index contributed by atoms with van der Waals surface area (Å²) in [6, 6.07) is 10.9. The van der Waals surface area contributed by atoms with Crippen LogP contribution >= 0.6 is 0 Å². The maximum Gasteiger partial charge on any atom is 0.0720 e. The van der Waals surface area contributed by atoms with E-state index in [4.69, 9.17) is 4.99 Å². The van der Waals surface area contributed by atoms with Crippen molar-refractivity contribution < 1.29 is 0 Å². The molecular weight excluding hydrogens is 206 g/mol. The minimum atomic E-state index is 0.295. The molecule has 1 nitrogen and oxygen atoms in total. The Bertz CT molecular complexity index is 389. The number of benzene rings is 1. The largest absolute Gasteiger partial charge is 0.286 e. The maximum atomic E-state index is 4.98. The fourth-order valence-corrected chi connectivity index (χ4v) is 2.62. The molecule has 0 N–H and O–H groups in total. The third-order valence-corrected chi connectivity index (χ3v) is 3.88. The number of nitrogens with zero attached hydrogens (tertiary/aromatic N) is 1. The topological polar surface area (TPSA) is 12.4 Å². The van der Waals surface area contributed by atoms with Crippen LogP contribution in [0.25, 0.3) is 0 Å². The van der Waals surface area contributed by atoms with Gasteiger partial charge in [0.2, 0.25) is 0 Å². The van der Waals surface area contributed by atoms with Gasteiger partial charge in [-0.15, -0.1) is 0 Å². The van der Waals surface area contributed by atoms with Crippen LogP contribution < -0.4 is 0 Å². The number of rotatable bonds is 2. The van der Waals surface area contributed by atoms with Crippen LogP contribution in [0.4, 0.5) is 0 Å². The lowest BCUT2D eigenvalue weighted by Crippen LogP contribution is -2.28. The van der Waals surface area contributed by atoms with Gasteiger partial charge in [-0.2, -0.15) is 0 Å². The van der Waals surface area contributed by atoms with Gasteiger partial charge in [-0.25, -0.2) is 0 Å². The van der Waals surface area contributed by atoms with E-state index < -0.39 is 0 Å². The maximum absolute atomic E-state index is 4.98. The first-order valence-electron chi connectivity index (χ1n) is 6.72. The molecule has 2 rings (SSSR count). The standard InChI is InChI=1S/C16H23N/c1-13(14-9-5-4-6-10-14)17-15-11-7-8-12-16(15,2)3/h4-6,9-10,13H,7-8,11-12H2,1-3H3/t13-/m1/s1. The molecule has 1 aromatic carbocycles. The van der Waals surface area contributed by atoms with Gasteiger partial charge in [0, 0.05) is 11.1 Å². The van der Waals surface area contributed by atoms with Gasteiger partial charge in [-0.1, -0.05) is 50.6 Å². The second-order valence-corrected chi connectivity index (χ2v) is 5.75. The SMILES string of the molecule is C[C@@H](N=C1CCCCC1(C)C)c1ccccc1. The fourth-order valence-electron chi connectivity index (χ4n) is 2.62. The highest BCUT2D eigenvalue weighted by Crippen LogP contribution is 2.34. The zero-order valence-corrected chi connectivity index (χ0v) is 11.2. The smallest absolute Gasteiger partial charge is 0.0720 e. The molecule has 0 radical (unpaired) electrons. The van der Waals surface area contributed by atoms with E-state index in [1.807, 2.05) is 0 Å². The third-order valence-electron chi connectivity index (χ3n) is 3.88. The molecule has 1 aliphatic rings. The van der Waals surface area contributed by atoms with E-state index in [1.54, 1.807) is 0 Å². The minimum Gasteiger partial charge on any atom is -0.286 e. The highest BCUT2D eigenvalue weighted by atomic mass is 14.8. The molecule has 0 amide bonds. The number of hydrogen-bond acceptors (Lipinski definition) is 1. The molecule has 1 atom stereocenters. The summed E-state index contributed by atoms with van der Waals surface area (Å²) in [6.07, 6.45) is 5.13. The molecule has 0 aromatic heterocycles. The quantitative estimate of drug-likeness (QED) is 0.691. The first-order chi connectivity index (χ1) is 8.09. The van der Waals surface area contributed by atoms with E-state index in [1.165, 1.54) is 37.0 Å². The van der Waals surface area contributed by atoms with Crippen molar-refractivity contribution >= 4 is 5.71 Å². The van der Waals surface area contributed by atoms with Crippen molar-refractivity contribution in [2.45, 2.75) is 52.5 Å². The Kier molecular flexibility index (Phi) is 3.66. The molecule has 0 aliphatic heterocycles. The van der Waals surface area contributed by atoms with Crippen LogP contribution in [0.3, 0.4) is 0 Å². The van der Waals surface area contributed by atoms with Crippen molar-refractivity contribution in [3.63, 3.8) is 0 Å². The molecular formula is C16H23N. The molecule has 17 heavy (non-hydrogen) atoms. The normalized spacial score (nSPS) is 23.6. The zero-order chi connectivity index (χ0) is 12.3. The predicted molar refractivity (Wildman–Crippen MR) is 74.5 cm³/mol. The van der Waals surface area contributed by atoms with Gasteiger partial charge in [-0.3, -0.25) is 4.99 Å². The Morgan fingerprint density at radius 2 is 1.82 bits per heavy atom. The van der Waals surface area contributed by atoms with E-state index in [2.05, 4.69) is 51.1 Å². The highest BCUT2D eigenvalue weighted by Gasteiger charge is 2.28. The van der Waals surface area contributed by atoms with Gasteiger partial charge in [-0.05, 0) is 31.7 Å². The Labute approximate surface area is 105 Å². The lowest BCUT2D eigenvalue weighted by Gasteiger charge is -2.32. The average molecular weight is 229 g/mol. The molecule has 1 fully saturated rings. The van der Waals surface area contributed by atoms with E-state index in [0.29, 0.717) is 11.5 Å². The van der Waals surface area contributed by atoms with Crippen molar-refractivity contribution in [1.29, 1.82) is 0 Å². The number of hydrogen-bond donors (Lipinski definition) is 0. The van der Waals surface area contributed by atoms with E-state index in [9.17, 15) is 0 Å². The molecule has 0 unspecified atom stereocenters. The van der Waals surface area contributed by atoms with E-state index >= 15 is 0 Å². The first kappa shape index (κ1) is 12.3. The molecule has 1 heteroatoms. The van der Waals surface area contributed by atoms with Crippen LogP contribution in [-0.4, -0.2) is 5.71 Å². The second kappa shape index (κ2) is 5.03. The minimum absolute atomic E-state index is 0.295. The average Bonchev–Trinajstić information content (AvgIpc) is 2.33. The Balaban J connectivity index is 2.18. The summed E-state index contributed by atoms with van der Waals surface area (Å²) in [4.78, 5) is 4.98. The third kappa shape index (κ3) is 2.96. The monoisotopic (exact) mass is 229 g/mol. The van der Waals surface area contributed by atoms with Gasteiger partial charge >= 0.3 is 0 Å². The van der Waals surface area contributed by atoms with Gasteiger partial charge < -0.3 is 0 Å². The van der Waals surface area contributed by atoms with Crippen molar-refractivity contribution in [2.75, 3.05) is 0 Å². The summed E-state index contributed by atoms with van der Waals surface area (Å²) in [5.74, 6) is 0. The molecule has 0 bridgehead atoms. The molecule has 92 valence electrons. The van der Waals surface area contributed by atoms with Gasteiger partial charge in [0.15, 0.2) is 0 Å². The Morgan fingerprint density at radius 3 is 2.47 bits per heavy atom. The van der Waals surface area contributed by atoms with Gasteiger partial charge in [0.1, 0.15) is 0 Å². The van der Waals surface area contributed by atoms with Gasteiger partial charge in [0.25, 0.3) is 0 Å². The predicted octanol–water partition coefficient (Wildman–Crippen LogP) is 4.79. The highest BCUT2D eigenvalue weighted by molar-refractivity contribution is 5.90. The second-order valence-electron chi connectivity index (χ2n) is 5.75. The van der Waals surface area contributed by atoms with Crippen LogP contribution in [0.5, 0.6) is 0 Å². The van der Waals surface area contributed by atoms with Crippen molar-refractivity contribution in [3.8, 4) is 0 Å². The summed E-state index contributed by atoms with van der Waals surface area (Å²) in [7, 11) is 0. The summed E-state index contributed by atoms with van der Waals surface area (Å²) in [6.45, 7) is 6.87. The van der Waals surface area contributed by atoms with E-state index in [-0.39, 0.29) is 0 Å². The summed E-state index contributed by atoms with van der Waals surface area (Å²) in [5, 5.41) is 0. The molecule has 1 aliphatic carbocycles. The molecule has 0 saturated heterocycles. The lowest BCUT2D eigenvalue weighted by molar-refractivity contribution is 0.407. The van der Waals surface area contributed by atoms with Crippen LogP contribution in [-0.2, 0) is 0 Å². The Morgan fingerprint density at radius 1 is 1.12 bits per heavy atom. The van der Waals surface area contributed by atoms with Crippen LogP contribution in [0.1, 0.15) is 58.1 Å². The molecule has 1 aromatic rings. The summed E-state index contributed by atoms with van der Waals surface area (Å²) >= 11 is 0. The molecule has 0 heterocycles. The first-order valence-corrected chi connectivity index (χ1v) is 6.72. The van der Waals surface area contributed by atoms with Crippen molar-refractivity contribution in [1.82, 2.24) is 0 Å². The summed E-state index contributed by atoms with van der Waals surface area (Å²) < 4.78 is 0. The fraction of sp³-hybridized carbons (Fsp3) is 0.562. The summed E-state index contributed by atoms with van der Waals surface area (Å²) in [5.41, 5.74) is 3.04. The zero-order valence-electron chi connectivity index (χ0n) is 11.2.